The first-order valence-corrected chi connectivity index (χ1v) is 17.2. The Bertz CT molecular complexity index is 2150. The molecule has 0 spiro atoms. The van der Waals surface area contributed by atoms with E-state index in [2.05, 4.69) is 0 Å². The molecule has 9 heteroatoms. The minimum Gasteiger partial charge on any atom is -0.444 e. The normalized spacial score (nSPS) is 14.0. The van der Waals surface area contributed by atoms with Crippen molar-refractivity contribution in [3.8, 4) is 0 Å². The number of allylic oxidation sites excluding steroid dienone is 2. The SMILES string of the molecule is O=C(OCc1ccccc1)n1c2cc(C=C3C(=S)c4ccccc4C3=S)sc2c2sc(C=C3C(=S)c4ccccc4C3=S)cc21. The number of hydrogen-bond acceptors (Lipinski definition) is 8. The lowest BCUT2D eigenvalue weighted by Gasteiger charge is -2.07. The number of thiophene rings is 2. The number of carbonyl (C=O) groups is 1. The molecule has 2 aliphatic carbocycles. The molecule has 0 atom stereocenters. The highest BCUT2D eigenvalue weighted by Gasteiger charge is 2.29. The Balaban J connectivity index is 1.23. The molecule has 2 aliphatic rings. The smallest absolute Gasteiger partial charge is 0.419 e. The fraction of sp³-hybridized carbons (Fsp3) is 0.0278. The molecule has 0 unspecified atom stereocenters. The quantitative estimate of drug-likeness (QED) is 0.135. The van der Waals surface area contributed by atoms with E-state index in [9.17, 15) is 4.79 Å². The van der Waals surface area contributed by atoms with Crippen LogP contribution in [0, 0.1) is 0 Å². The fourth-order valence-corrected chi connectivity index (χ4v) is 9.61. The molecule has 3 nitrogen and oxygen atoms in total. The molecule has 0 N–H and O–H groups in total. The molecule has 0 radical (unpaired) electrons. The lowest BCUT2D eigenvalue weighted by molar-refractivity contribution is 0.143. The average Bonchev–Trinajstić information content (AvgIpc) is 3.83. The Morgan fingerprint density at radius 3 is 1.44 bits per heavy atom. The molecule has 8 rings (SSSR count). The van der Waals surface area contributed by atoms with Crippen molar-refractivity contribution < 1.29 is 9.53 Å². The molecule has 3 aromatic heterocycles. The zero-order valence-electron chi connectivity index (χ0n) is 23.2. The second-order valence-electron chi connectivity index (χ2n) is 10.6. The van der Waals surface area contributed by atoms with E-state index in [0.717, 1.165) is 88.6 Å². The van der Waals surface area contributed by atoms with Gasteiger partial charge in [0.1, 0.15) is 6.61 Å². The molecule has 0 saturated heterocycles. The van der Waals surface area contributed by atoms with Gasteiger partial charge in [-0.05, 0) is 29.8 Å². The van der Waals surface area contributed by atoms with Gasteiger partial charge in [0.25, 0.3) is 0 Å². The Kier molecular flexibility index (Phi) is 7.13. The molecule has 216 valence electrons. The van der Waals surface area contributed by atoms with Gasteiger partial charge in [-0.3, -0.25) is 0 Å². The molecule has 3 aromatic carbocycles. The van der Waals surface area contributed by atoms with Gasteiger partial charge < -0.3 is 4.74 Å². The molecule has 0 fully saturated rings. The van der Waals surface area contributed by atoms with Crippen molar-refractivity contribution in [1.82, 2.24) is 4.57 Å². The van der Waals surface area contributed by atoms with Crippen molar-refractivity contribution in [2.75, 3.05) is 0 Å². The van der Waals surface area contributed by atoms with E-state index in [4.69, 9.17) is 53.6 Å². The van der Waals surface area contributed by atoms with Gasteiger partial charge in [-0.15, -0.1) is 22.7 Å². The van der Waals surface area contributed by atoms with E-state index in [1.807, 2.05) is 103 Å². The first-order valence-electron chi connectivity index (χ1n) is 14.0. The van der Waals surface area contributed by atoms with Gasteiger partial charge >= 0.3 is 6.09 Å². The summed E-state index contributed by atoms with van der Waals surface area (Å²) in [5, 5.41) is 0. The highest BCUT2D eigenvalue weighted by Crippen LogP contribution is 2.43. The first kappa shape index (κ1) is 28.6. The Labute approximate surface area is 288 Å². The second-order valence-corrected chi connectivity index (χ2v) is 14.4. The van der Waals surface area contributed by atoms with Crippen LogP contribution in [0.3, 0.4) is 0 Å². The van der Waals surface area contributed by atoms with Crippen LogP contribution >= 0.6 is 71.5 Å². The van der Waals surface area contributed by atoms with Crippen LogP contribution in [0.25, 0.3) is 32.6 Å². The maximum absolute atomic E-state index is 13.8. The number of ether oxygens (including phenoxy) is 1. The van der Waals surface area contributed by atoms with Gasteiger partial charge in [-0.2, -0.15) is 0 Å². The van der Waals surface area contributed by atoms with E-state index >= 15 is 0 Å². The Morgan fingerprint density at radius 1 is 0.622 bits per heavy atom. The lowest BCUT2D eigenvalue weighted by Crippen LogP contribution is -2.12. The highest BCUT2D eigenvalue weighted by molar-refractivity contribution is 7.84. The number of hydrogen-bond donors (Lipinski definition) is 0. The average molecular weight is 690 g/mol. The number of nitrogens with zero attached hydrogens (tertiary/aromatic N) is 1. The van der Waals surface area contributed by atoms with Gasteiger partial charge in [0.05, 0.1) is 39.9 Å². The van der Waals surface area contributed by atoms with Crippen LogP contribution in [0.2, 0.25) is 0 Å². The Morgan fingerprint density at radius 2 is 1.02 bits per heavy atom. The number of rotatable bonds is 4. The number of thiocarbonyl (C=S) groups is 4. The van der Waals surface area contributed by atoms with Crippen LogP contribution in [0.1, 0.15) is 37.6 Å². The van der Waals surface area contributed by atoms with Crippen LogP contribution in [-0.2, 0) is 11.3 Å². The molecule has 0 aliphatic heterocycles. The molecule has 6 aromatic rings. The number of fused-ring (bicyclic) bond motifs is 5. The summed E-state index contributed by atoms with van der Waals surface area (Å²) >= 11 is 26.5. The van der Waals surface area contributed by atoms with Crippen LogP contribution in [0.15, 0.2) is 102 Å². The first-order chi connectivity index (χ1) is 21.9. The van der Waals surface area contributed by atoms with Gasteiger partial charge in [0.15, 0.2) is 0 Å². The minimum atomic E-state index is -0.438. The maximum atomic E-state index is 13.8. The van der Waals surface area contributed by atoms with Gasteiger partial charge in [0, 0.05) is 43.2 Å². The van der Waals surface area contributed by atoms with Gasteiger partial charge in [-0.1, -0.05) is 128 Å². The van der Waals surface area contributed by atoms with Crippen molar-refractivity contribution in [2.24, 2.45) is 0 Å². The summed E-state index contributed by atoms with van der Waals surface area (Å²) in [7, 11) is 0. The molecule has 45 heavy (non-hydrogen) atoms. The fourth-order valence-electron chi connectivity index (χ4n) is 5.80. The monoisotopic (exact) mass is 689 g/mol. The van der Waals surface area contributed by atoms with Gasteiger partial charge in [-0.25, -0.2) is 9.36 Å². The van der Waals surface area contributed by atoms with Crippen molar-refractivity contribution in [3.05, 3.63) is 140 Å². The number of aromatic nitrogens is 1. The topological polar surface area (TPSA) is 31.2 Å². The largest absolute Gasteiger partial charge is 0.444 e. The van der Waals surface area contributed by atoms with E-state index in [-0.39, 0.29) is 6.61 Å². The molecule has 0 bridgehead atoms. The van der Waals surface area contributed by atoms with Crippen molar-refractivity contribution in [1.29, 1.82) is 0 Å². The standard InChI is InChI=1S/C36H19NO2S6/c38-36(39-18-19-8-2-1-3-9-19)37-28-16-20(14-26-30(40)22-10-4-5-11-23(22)31(26)41)44-34(28)35-29(37)17-21(45-35)15-27-32(42)24-12-6-7-13-25(24)33(27)43/h1-17H,18H2. The Hall–Kier alpha value is -3.83. The van der Waals surface area contributed by atoms with Crippen LogP contribution in [-0.4, -0.2) is 30.1 Å². The summed E-state index contributed by atoms with van der Waals surface area (Å²) in [4.78, 5) is 18.7. The third-order valence-electron chi connectivity index (χ3n) is 7.92. The van der Waals surface area contributed by atoms with Crippen molar-refractivity contribution in [3.63, 3.8) is 0 Å². The van der Waals surface area contributed by atoms with Crippen LogP contribution in [0.4, 0.5) is 4.79 Å². The second kappa shape index (κ2) is 11.2. The maximum Gasteiger partial charge on any atom is 0.419 e. The molecular formula is C36H19NO2S6. The summed E-state index contributed by atoms with van der Waals surface area (Å²) < 4.78 is 9.51. The zero-order valence-corrected chi connectivity index (χ0v) is 28.1. The molecule has 3 heterocycles. The van der Waals surface area contributed by atoms with Crippen LogP contribution in [0.5, 0.6) is 0 Å². The van der Waals surface area contributed by atoms with Crippen molar-refractivity contribution >= 4 is 130 Å². The highest BCUT2D eigenvalue weighted by atomic mass is 32.1. The van der Waals surface area contributed by atoms with Gasteiger partial charge in [0.2, 0.25) is 0 Å². The summed E-state index contributed by atoms with van der Waals surface area (Å²) in [6.45, 7) is 0.171. The van der Waals surface area contributed by atoms with Crippen LogP contribution < -0.4 is 0 Å². The summed E-state index contributed by atoms with van der Waals surface area (Å²) in [5.41, 5.74) is 8.17. The minimum absolute atomic E-state index is 0.171. The van der Waals surface area contributed by atoms with E-state index in [0.29, 0.717) is 0 Å². The van der Waals surface area contributed by atoms with Crippen molar-refractivity contribution in [2.45, 2.75) is 6.61 Å². The van der Waals surface area contributed by atoms with E-state index in [1.54, 1.807) is 27.2 Å². The molecule has 0 amide bonds. The third-order valence-corrected chi connectivity index (χ3v) is 12.0. The summed E-state index contributed by atoms with van der Waals surface area (Å²) in [5.74, 6) is 0. The third kappa shape index (κ3) is 4.74. The lowest BCUT2D eigenvalue weighted by atomic mass is 10.1. The van der Waals surface area contributed by atoms with E-state index in [1.165, 1.54) is 0 Å². The number of carbonyl (C=O) groups excluding carboxylic acids is 1. The number of benzene rings is 3. The predicted octanol–water partition coefficient (Wildman–Crippen LogP) is 10.2. The molecule has 0 saturated carbocycles. The van der Waals surface area contributed by atoms with E-state index < -0.39 is 6.09 Å². The zero-order chi connectivity index (χ0) is 30.8. The molecular weight excluding hydrogens is 671 g/mol. The summed E-state index contributed by atoms with van der Waals surface area (Å²) in [6, 6.07) is 29.7. The predicted molar refractivity (Wildman–Crippen MR) is 203 cm³/mol. The summed E-state index contributed by atoms with van der Waals surface area (Å²) in [6.07, 6.45) is 3.65.